The molecule has 1 atom stereocenters. The zero-order chi connectivity index (χ0) is 12.3. The van der Waals surface area contributed by atoms with Crippen LogP contribution in [0.4, 0.5) is 0 Å². The van der Waals surface area contributed by atoms with Crippen LogP contribution in [0.2, 0.25) is 0 Å². The lowest BCUT2D eigenvalue weighted by atomic mass is 9.95. The molecule has 90 valence electrons. The summed E-state index contributed by atoms with van der Waals surface area (Å²) in [6.45, 7) is 2.15. The van der Waals surface area contributed by atoms with Gasteiger partial charge in [0.05, 0.1) is 7.11 Å². The van der Waals surface area contributed by atoms with E-state index in [1.807, 2.05) is 18.2 Å². The average molecular weight is 229 g/mol. The molecular weight excluding hydrogens is 210 g/mol. The molecule has 0 spiro atoms. The van der Waals surface area contributed by atoms with Gasteiger partial charge in [-0.3, -0.25) is 0 Å². The van der Waals surface area contributed by atoms with Gasteiger partial charge in [0.15, 0.2) is 0 Å². The third-order valence-electron chi connectivity index (χ3n) is 3.12. The van der Waals surface area contributed by atoms with E-state index in [1.54, 1.807) is 7.11 Å². The quantitative estimate of drug-likeness (QED) is 0.868. The molecule has 0 aliphatic rings. The maximum Gasteiger partial charge on any atom is 0.124 e. The predicted octanol–water partition coefficient (Wildman–Crippen LogP) is 3.65. The smallest absolute Gasteiger partial charge is 0.124 e. The van der Waals surface area contributed by atoms with E-state index in [9.17, 15) is 0 Å². The molecule has 0 radical (unpaired) electrons. The van der Waals surface area contributed by atoms with Crippen LogP contribution in [0.5, 0.6) is 5.75 Å². The van der Waals surface area contributed by atoms with Gasteiger partial charge in [0.2, 0.25) is 0 Å². The van der Waals surface area contributed by atoms with Gasteiger partial charge in [-0.2, -0.15) is 0 Å². The molecular formula is C15H19NO. The van der Waals surface area contributed by atoms with Gasteiger partial charge in [-0.05, 0) is 23.3 Å². The molecule has 0 amide bonds. The van der Waals surface area contributed by atoms with E-state index in [0.717, 1.165) is 24.2 Å². The van der Waals surface area contributed by atoms with Crippen molar-refractivity contribution in [3.05, 3.63) is 42.0 Å². The summed E-state index contributed by atoms with van der Waals surface area (Å²) in [5, 5.41) is 2.42. The standard InChI is InChI=1S/C15H19NO/c1-3-6-13(16)15-12-8-5-4-7-11(12)9-10-14(15)17-2/h4-5,7-10,13H,3,6,16H2,1-2H3/t13-/m1/s1. The normalized spacial score (nSPS) is 12.6. The van der Waals surface area contributed by atoms with E-state index in [4.69, 9.17) is 10.5 Å². The molecule has 2 aromatic rings. The first-order valence-corrected chi connectivity index (χ1v) is 6.09. The van der Waals surface area contributed by atoms with Gasteiger partial charge in [-0.1, -0.05) is 43.7 Å². The van der Waals surface area contributed by atoms with Gasteiger partial charge >= 0.3 is 0 Å². The Morgan fingerprint density at radius 1 is 1.18 bits per heavy atom. The molecule has 0 saturated carbocycles. The van der Waals surface area contributed by atoms with Crippen LogP contribution in [-0.4, -0.2) is 7.11 Å². The first kappa shape index (κ1) is 11.9. The Morgan fingerprint density at radius 3 is 2.65 bits per heavy atom. The fourth-order valence-electron chi connectivity index (χ4n) is 2.29. The molecule has 2 nitrogen and oxygen atoms in total. The highest BCUT2D eigenvalue weighted by Crippen LogP contribution is 2.33. The summed E-state index contributed by atoms with van der Waals surface area (Å²) < 4.78 is 5.44. The number of ether oxygens (including phenoxy) is 1. The Hall–Kier alpha value is -1.54. The third-order valence-corrected chi connectivity index (χ3v) is 3.12. The Labute approximate surface area is 102 Å². The Morgan fingerprint density at radius 2 is 1.94 bits per heavy atom. The molecule has 17 heavy (non-hydrogen) atoms. The third kappa shape index (κ3) is 2.27. The maximum absolute atomic E-state index is 6.27. The van der Waals surface area contributed by atoms with Gasteiger partial charge in [-0.25, -0.2) is 0 Å². The molecule has 0 saturated heterocycles. The first-order valence-electron chi connectivity index (χ1n) is 6.09. The first-order chi connectivity index (χ1) is 8.27. The zero-order valence-electron chi connectivity index (χ0n) is 10.4. The molecule has 0 aromatic heterocycles. The van der Waals surface area contributed by atoms with Crippen molar-refractivity contribution in [3.63, 3.8) is 0 Å². The summed E-state index contributed by atoms with van der Waals surface area (Å²) in [6.07, 6.45) is 2.05. The van der Waals surface area contributed by atoms with Crippen molar-refractivity contribution in [1.29, 1.82) is 0 Å². The topological polar surface area (TPSA) is 35.2 Å². The van der Waals surface area contributed by atoms with Crippen LogP contribution in [0.3, 0.4) is 0 Å². The molecule has 0 unspecified atom stereocenters. The number of rotatable bonds is 4. The number of fused-ring (bicyclic) bond motifs is 1. The summed E-state index contributed by atoms with van der Waals surface area (Å²) in [4.78, 5) is 0. The fraction of sp³-hybridized carbons (Fsp3) is 0.333. The van der Waals surface area contributed by atoms with Crippen molar-refractivity contribution < 1.29 is 4.74 Å². The number of nitrogens with two attached hydrogens (primary N) is 1. The highest BCUT2D eigenvalue weighted by Gasteiger charge is 2.14. The van der Waals surface area contributed by atoms with E-state index >= 15 is 0 Å². The summed E-state index contributed by atoms with van der Waals surface area (Å²) in [6, 6.07) is 12.4. The van der Waals surface area contributed by atoms with Crippen LogP contribution < -0.4 is 10.5 Å². The monoisotopic (exact) mass is 229 g/mol. The zero-order valence-corrected chi connectivity index (χ0v) is 10.4. The molecule has 2 rings (SSSR count). The SMILES string of the molecule is CCC[C@@H](N)c1c(OC)ccc2ccccc12. The van der Waals surface area contributed by atoms with Crippen molar-refractivity contribution >= 4 is 10.8 Å². The van der Waals surface area contributed by atoms with E-state index in [-0.39, 0.29) is 6.04 Å². The summed E-state index contributed by atoms with van der Waals surface area (Å²) in [7, 11) is 1.70. The highest BCUT2D eigenvalue weighted by atomic mass is 16.5. The van der Waals surface area contributed by atoms with Crippen LogP contribution in [0.25, 0.3) is 10.8 Å². The average Bonchev–Trinajstić information content (AvgIpc) is 2.37. The second kappa shape index (κ2) is 5.19. The molecule has 0 bridgehead atoms. The minimum Gasteiger partial charge on any atom is -0.496 e. The van der Waals surface area contributed by atoms with E-state index in [2.05, 4.69) is 25.1 Å². The van der Waals surface area contributed by atoms with Gasteiger partial charge in [0.1, 0.15) is 5.75 Å². The number of hydrogen-bond acceptors (Lipinski definition) is 2. The van der Waals surface area contributed by atoms with Crippen molar-refractivity contribution in [2.45, 2.75) is 25.8 Å². The lowest BCUT2D eigenvalue weighted by molar-refractivity contribution is 0.405. The van der Waals surface area contributed by atoms with Crippen LogP contribution in [0.1, 0.15) is 31.4 Å². The molecule has 0 aliphatic heterocycles. The largest absolute Gasteiger partial charge is 0.496 e. The van der Waals surface area contributed by atoms with Gasteiger partial charge in [0.25, 0.3) is 0 Å². The van der Waals surface area contributed by atoms with Crippen LogP contribution >= 0.6 is 0 Å². The number of methoxy groups -OCH3 is 1. The van der Waals surface area contributed by atoms with Crippen LogP contribution in [-0.2, 0) is 0 Å². The molecule has 2 N–H and O–H groups in total. The lowest BCUT2D eigenvalue weighted by Gasteiger charge is -2.17. The van der Waals surface area contributed by atoms with Crippen LogP contribution in [0.15, 0.2) is 36.4 Å². The summed E-state index contributed by atoms with van der Waals surface area (Å²) in [5.41, 5.74) is 7.40. The Bertz CT molecular complexity index is 507. The second-order valence-corrected chi connectivity index (χ2v) is 4.30. The predicted molar refractivity (Wildman–Crippen MR) is 72.3 cm³/mol. The van der Waals surface area contributed by atoms with E-state index in [1.165, 1.54) is 10.8 Å². The molecule has 0 aliphatic carbocycles. The molecule has 0 heterocycles. The minimum absolute atomic E-state index is 0.0426. The van der Waals surface area contributed by atoms with Crippen molar-refractivity contribution in [2.75, 3.05) is 7.11 Å². The Kier molecular flexibility index (Phi) is 3.64. The minimum atomic E-state index is 0.0426. The van der Waals surface area contributed by atoms with Crippen LogP contribution in [0, 0.1) is 0 Å². The summed E-state index contributed by atoms with van der Waals surface area (Å²) >= 11 is 0. The van der Waals surface area contributed by atoms with Crippen molar-refractivity contribution in [1.82, 2.24) is 0 Å². The Balaban J connectivity index is 2.62. The summed E-state index contributed by atoms with van der Waals surface area (Å²) in [5.74, 6) is 0.893. The highest BCUT2D eigenvalue weighted by molar-refractivity contribution is 5.88. The maximum atomic E-state index is 6.27. The number of benzene rings is 2. The van der Waals surface area contributed by atoms with Crippen molar-refractivity contribution in [3.8, 4) is 5.75 Å². The van der Waals surface area contributed by atoms with E-state index < -0.39 is 0 Å². The van der Waals surface area contributed by atoms with Gasteiger partial charge < -0.3 is 10.5 Å². The van der Waals surface area contributed by atoms with Gasteiger partial charge in [0, 0.05) is 11.6 Å². The van der Waals surface area contributed by atoms with Gasteiger partial charge in [-0.15, -0.1) is 0 Å². The van der Waals surface area contributed by atoms with Crippen molar-refractivity contribution in [2.24, 2.45) is 5.73 Å². The van der Waals surface area contributed by atoms with E-state index in [0.29, 0.717) is 0 Å². The molecule has 2 aromatic carbocycles. The lowest BCUT2D eigenvalue weighted by Crippen LogP contribution is -2.11. The number of hydrogen-bond donors (Lipinski definition) is 1. The molecule has 0 fully saturated rings. The fourth-order valence-corrected chi connectivity index (χ4v) is 2.29. The molecule has 2 heteroatoms. The second-order valence-electron chi connectivity index (χ2n) is 4.30.